The van der Waals surface area contributed by atoms with E-state index in [1.54, 1.807) is 12.1 Å². The SMILES string of the molecule is CC1C[C@H]2CN(C(=O)O)[C@H](CNC(=O)c3noc4ccccc34)[C@H]2C1. The lowest BCUT2D eigenvalue weighted by Crippen LogP contribution is -2.45. The number of hydrogen-bond acceptors (Lipinski definition) is 4. The summed E-state index contributed by atoms with van der Waals surface area (Å²) in [4.78, 5) is 25.6. The van der Waals surface area contributed by atoms with Crippen LogP contribution >= 0.6 is 0 Å². The number of carbonyl (C=O) groups is 2. The molecule has 0 radical (unpaired) electrons. The number of hydrogen-bond donors (Lipinski definition) is 2. The first-order valence-electron chi connectivity index (χ1n) is 8.66. The number of carboxylic acid groups (broad SMARTS) is 1. The Hall–Kier alpha value is -2.57. The summed E-state index contributed by atoms with van der Waals surface area (Å²) in [6.45, 7) is 3.08. The summed E-state index contributed by atoms with van der Waals surface area (Å²) < 4.78 is 5.17. The quantitative estimate of drug-likeness (QED) is 0.893. The number of benzene rings is 1. The molecule has 4 rings (SSSR count). The second-order valence-corrected chi connectivity index (χ2v) is 7.24. The van der Waals surface area contributed by atoms with Crippen LogP contribution < -0.4 is 5.32 Å². The maximum Gasteiger partial charge on any atom is 0.407 e. The van der Waals surface area contributed by atoms with E-state index >= 15 is 0 Å². The second kappa shape index (κ2) is 6.06. The first kappa shape index (κ1) is 15.9. The summed E-state index contributed by atoms with van der Waals surface area (Å²) in [5, 5.41) is 16.9. The molecule has 2 amide bonds. The van der Waals surface area contributed by atoms with Crippen LogP contribution in [0.25, 0.3) is 11.0 Å². The number of amides is 2. The molecule has 7 heteroatoms. The number of nitrogens with zero attached hydrogens (tertiary/aromatic N) is 2. The standard InChI is InChI=1S/C18H21N3O4/c1-10-6-11-9-21(18(23)24)14(13(11)7-10)8-19-17(22)16-12-4-2-3-5-15(12)25-20-16/h2-5,10-11,13-14H,6-9H2,1H3,(H,19,22)(H,23,24)/t10?,11-,13-,14+/m0/s1. The van der Waals surface area contributed by atoms with Crippen molar-refractivity contribution in [2.45, 2.75) is 25.8 Å². The Bertz CT molecular complexity index is 818. The van der Waals surface area contributed by atoms with Gasteiger partial charge in [-0.15, -0.1) is 0 Å². The van der Waals surface area contributed by atoms with Gasteiger partial charge in [-0.1, -0.05) is 24.2 Å². The molecular formula is C18H21N3O4. The van der Waals surface area contributed by atoms with Gasteiger partial charge in [-0.2, -0.15) is 0 Å². The van der Waals surface area contributed by atoms with Crippen LogP contribution in [0.4, 0.5) is 4.79 Å². The highest BCUT2D eigenvalue weighted by atomic mass is 16.5. The number of para-hydroxylation sites is 1. The number of carbonyl (C=O) groups excluding carboxylic acids is 1. The Balaban J connectivity index is 1.49. The lowest BCUT2D eigenvalue weighted by atomic mass is 9.94. The number of fused-ring (bicyclic) bond motifs is 2. The molecule has 0 spiro atoms. The van der Waals surface area contributed by atoms with Crippen LogP contribution in [0.5, 0.6) is 0 Å². The summed E-state index contributed by atoms with van der Waals surface area (Å²) in [6.07, 6.45) is 1.17. The molecule has 1 unspecified atom stereocenters. The fourth-order valence-corrected chi connectivity index (χ4v) is 4.56. The third kappa shape index (κ3) is 2.73. The molecule has 2 aromatic rings. The van der Waals surface area contributed by atoms with Gasteiger partial charge >= 0.3 is 6.09 Å². The minimum atomic E-state index is -0.909. The zero-order valence-electron chi connectivity index (χ0n) is 14.0. The third-order valence-electron chi connectivity index (χ3n) is 5.62. The van der Waals surface area contributed by atoms with Gasteiger partial charge in [0, 0.05) is 13.1 Å². The van der Waals surface area contributed by atoms with E-state index in [-0.39, 0.29) is 17.6 Å². The molecule has 4 atom stereocenters. The van der Waals surface area contributed by atoms with Gasteiger partial charge in [-0.3, -0.25) is 4.79 Å². The van der Waals surface area contributed by atoms with Gasteiger partial charge in [0.25, 0.3) is 5.91 Å². The molecule has 2 N–H and O–H groups in total. The predicted molar refractivity (Wildman–Crippen MR) is 90.2 cm³/mol. The van der Waals surface area contributed by atoms with Crippen molar-refractivity contribution < 1.29 is 19.2 Å². The van der Waals surface area contributed by atoms with Crippen LogP contribution in [-0.4, -0.2) is 46.3 Å². The monoisotopic (exact) mass is 343 g/mol. The van der Waals surface area contributed by atoms with Gasteiger partial charge in [-0.05, 0) is 42.7 Å². The van der Waals surface area contributed by atoms with Gasteiger partial charge in [-0.25, -0.2) is 4.79 Å². The van der Waals surface area contributed by atoms with E-state index in [1.165, 1.54) is 4.90 Å². The molecule has 132 valence electrons. The Morgan fingerprint density at radius 2 is 2.16 bits per heavy atom. The van der Waals surface area contributed by atoms with Crippen molar-refractivity contribution in [3.8, 4) is 0 Å². The Labute approximate surface area is 145 Å². The molecule has 1 saturated heterocycles. The average molecular weight is 343 g/mol. The lowest BCUT2D eigenvalue weighted by molar-refractivity contribution is 0.0917. The molecule has 25 heavy (non-hydrogen) atoms. The molecule has 1 aromatic heterocycles. The lowest BCUT2D eigenvalue weighted by Gasteiger charge is -2.26. The highest BCUT2D eigenvalue weighted by Crippen LogP contribution is 2.44. The van der Waals surface area contributed by atoms with E-state index in [2.05, 4.69) is 17.4 Å². The molecule has 0 bridgehead atoms. The highest BCUT2D eigenvalue weighted by molar-refractivity contribution is 6.03. The van der Waals surface area contributed by atoms with Crippen molar-refractivity contribution in [2.24, 2.45) is 17.8 Å². The van der Waals surface area contributed by atoms with Crippen molar-refractivity contribution in [1.29, 1.82) is 0 Å². The Morgan fingerprint density at radius 3 is 2.96 bits per heavy atom. The van der Waals surface area contributed by atoms with Crippen molar-refractivity contribution in [2.75, 3.05) is 13.1 Å². The summed E-state index contributed by atoms with van der Waals surface area (Å²) >= 11 is 0. The smallest absolute Gasteiger partial charge is 0.407 e. The first-order chi connectivity index (χ1) is 12.0. The fraction of sp³-hybridized carbons (Fsp3) is 0.500. The summed E-state index contributed by atoms with van der Waals surface area (Å²) in [5.74, 6) is 1.01. The van der Waals surface area contributed by atoms with Crippen molar-refractivity contribution >= 4 is 23.0 Å². The molecule has 1 saturated carbocycles. The van der Waals surface area contributed by atoms with E-state index in [0.29, 0.717) is 41.8 Å². The van der Waals surface area contributed by atoms with Crippen molar-refractivity contribution in [3.05, 3.63) is 30.0 Å². The van der Waals surface area contributed by atoms with E-state index in [1.807, 2.05) is 12.1 Å². The normalized spacial score (nSPS) is 28.3. The van der Waals surface area contributed by atoms with Gasteiger partial charge in [0.1, 0.15) is 0 Å². The molecule has 2 aliphatic rings. The van der Waals surface area contributed by atoms with Crippen LogP contribution in [-0.2, 0) is 0 Å². The van der Waals surface area contributed by atoms with E-state index < -0.39 is 6.09 Å². The van der Waals surface area contributed by atoms with Crippen LogP contribution in [0.3, 0.4) is 0 Å². The topological polar surface area (TPSA) is 95.7 Å². The van der Waals surface area contributed by atoms with Gasteiger partial charge in [0.2, 0.25) is 0 Å². The highest BCUT2D eigenvalue weighted by Gasteiger charge is 2.48. The Morgan fingerprint density at radius 1 is 1.36 bits per heavy atom. The Kier molecular flexibility index (Phi) is 3.86. The maximum absolute atomic E-state index is 12.5. The van der Waals surface area contributed by atoms with Gasteiger partial charge in [0.15, 0.2) is 11.3 Å². The van der Waals surface area contributed by atoms with Crippen LogP contribution in [0, 0.1) is 17.8 Å². The number of likely N-dealkylation sites (tertiary alicyclic amines) is 1. The molecule has 2 fully saturated rings. The molecule has 7 nitrogen and oxygen atoms in total. The second-order valence-electron chi connectivity index (χ2n) is 7.24. The largest absolute Gasteiger partial charge is 0.465 e. The summed E-state index contributed by atoms with van der Waals surface area (Å²) in [5.41, 5.74) is 0.803. The third-order valence-corrected chi connectivity index (χ3v) is 5.62. The predicted octanol–water partition coefficient (Wildman–Crippen LogP) is 2.58. The first-order valence-corrected chi connectivity index (χ1v) is 8.66. The molecule has 1 aromatic carbocycles. The summed E-state index contributed by atoms with van der Waals surface area (Å²) in [6, 6.07) is 7.01. The minimum Gasteiger partial charge on any atom is -0.465 e. The van der Waals surface area contributed by atoms with Crippen LogP contribution in [0.15, 0.2) is 28.8 Å². The molecule has 1 aliphatic heterocycles. The van der Waals surface area contributed by atoms with Crippen LogP contribution in [0.1, 0.15) is 30.3 Å². The zero-order valence-corrected chi connectivity index (χ0v) is 14.0. The van der Waals surface area contributed by atoms with E-state index in [0.717, 1.165) is 12.8 Å². The zero-order chi connectivity index (χ0) is 17.6. The van der Waals surface area contributed by atoms with Crippen molar-refractivity contribution in [3.63, 3.8) is 0 Å². The number of nitrogens with one attached hydrogen (secondary N) is 1. The molecule has 1 aliphatic carbocycles. The molecular weight excluding hydrogens is 322 g/mol. The minimum absolute atomic E-state index is 0.172. The van der Waals surface area contributed by atoms with E-state index in [4.69, 9.17) is 4.52 Å². The maximum atomic E-state index is 12.5. The fourth-order valence-electron chi connectivity index (χ4n) is 4.56. The molecule has 2 heterocycles. The number of aromatic nitrogens is 1. The van der Waals surface area contributed by atoms with E-state index in [9.17, 15) is 14.7 Å². The average Bonchev–Trinajstić information content (AvgIpc) is 3.24. The van der Waals surface area contributed by atoms with Crippen LogP contribution in [0.2, 0.25) is 0 Å². The summed E-state index contributed by atoms with van der Waals surface area (Å²) in [7, 11) is 0. The van der Waals surface area contributed by atoms with Gasteiger partial charge < -0.3 is 19.8 Å². The van der Waals surface area contributed by atoms with Crippen molar-refractivity contribution in [1.82, 2.24) is 15.4 Å². The number of rotatable bonds is 3. The van der Waals surface area contributed by atoms with Gasteiger partial charge in [0.05, 0.1) is 11.4 Å².